The van der Waals surface area contributed by atoms with Gasteiger partial charge in [0, 0.05) is 17.8 Å². The fourth-order valence-corrected chi connectivity index (χ4v) is 2.09. The van der Waals surface area contributed by atoms with Crippen LogP contribution in [0.2, 0.25) is 0 Å². The highest BCUT2D eigenvalue weighted by molar-refractivity contribution is 5.38. The molecule has 0 unspecified atom stereocenters. The first kappa shape index (κ1) is 14.8. The maximum Gasteiger partial charge on any atom is 0.0649 e. The summed E-state index contributed by atoms with van der Waals surface area (Å²) >= 11 is 0. The average molecular weight is 271 g/mol. The van der Waals surface area contributed by atoms with Gasteiger partial charge in [0.15, 0.2) is 0 Å². The van der Waals surface area contributed by atoms with Gasteiger partial charge in [-0.25, -0.2) is 4.68 Å². The molecule has 2 rings (SSSR count). The third-order valence-corrected chi connectivity index (χ3v) is 3.66. The Morgan fingerprint density at radius 1 is 1.05 bits per heavy atom. The standard InChI is InChI=1S/C17H25N3/c1-12-13(2)19-20(14(12)3)16-9-7-15(8-10-16)11-18-17(4,5)6/h7-10,18H,11H2,1-6H3. The first-order valence-electron chi connectivity index (χ1n) is 7.15. The van der Waals surface area contributed by atoms with Gasteiger partial charge in [0.2, 0.25) is 0 Å². The molecular weight excluding hydrogens is 246 g/mol. The van der Waals surface area contributed by atoms with Crippen molar-refractivity contribution in [1.82, 2.24) is 15.1 Å². The van der Waals surface area contributed by atoms with E-state index in [9.17, 15) is 0 Å². The van der Waals surface area contributed by atoms with Crippen molar-refractivity contribution in [3.05, 3.63) is 46.8 Å². The van der Waals surface area contributed by atoms with Crippen LogP contribution < -0.4 is 5.32 Å². The van der Waals surface area contributed by atoms with Crippen LogP contribution in [-0.4, -0.2) is 15.3 Å². The van der Waals surface area contributed by atoms with E-state index in [4.69, 9.17) is 0 Å². The molecule has 0 amide bonds. The van der Waals surface area contributed by atoms with Gasteiger partial charge in [0.1, 0.15) is 0 Å². The first-order valence-corrected chi connectivity index (χ1v) is 7.15. The summed E-state index contributed by atoms with van der Waals surface area (Å²) in [5, 5.41) is 8.10. The lowest BCUT2D eigenvalue weighted by Gasteiger charge is -2.20. The lowest BCUT2D eigenvalue weighted by atomic mass is 10.1. The highest BCUT2D eigenvalue weighted by atomic mass is 15.3. The zero-order valence-corrected chi connectivity index (χ0v) is 13.4. The van der Waals surface area contributed by atoms with E-state index in [0.717, 1.165) is 17.9 Å². The SMILES string of the molecule is Cc1nn(-c2ccc(CNC(C)(C)C)cc2)c(C)c1C. The number of hydrogen-bond donors (Lipinski definition) is 1. The number of nitrogens with zero attached hydrogens (tertiary/aromatic N) is 2. The Morgan fingerprint density at radius 3 is 2.10 bits per heavy atom. The summed E-state index contributed by atoms with van der Waals surface area (Å²) < 4.78 is 2.02. The maximum absolute atomic E-state index is 4.60. The van der Waals surface area contributed by atoms with Crippen LogP contribution in [0.25, 0.3) is 5.69 Å². The molecule has 0 fully saturated rings. The number of aromatic nitrogens is 2. The summed E-state index contributed by atoms with van der Waals surface area (Å²) in [5.74, 6) is 0. The minimum absolute atomic E-state index is 0.144. The van der Waals surface area contributed by atoms with E-state index in [1.54, 1.807) is 0 Å². The van der Waals surface area contributed by atoms with Gasteiger partial charge < -0.3 is 5.32 Å². The van der Waals surface area contributed by atoms with Gasteiger partial charge in [-0.3, -0.25) is 0 Å². The van der Waals surface area contributed by atoms with E-state index in [0.29, 0.717) is 0 Å². The topological polar surface area (TPSA) is 29.9 Å². The largest absolute Gasteiger partial charge is 0.308 e. The van der Waals surface area contributed by atoms with Gasteiger partial charge in [-0.2, -0.15) is 5.10 Å². The molecule has 2 aromatic rings. The Kier molecular flexibility index (Phi) is 4.00. The monoisotopic (exact) mass is 271 g/mol. The molecule has 1 heterocycles. The summed E-state index contributed by atoms with van der Waals surface area (Å²) in [6.07, 6.45) is 0. The molecule has 1 aromatic carbocycles. The maximum atomic E-state index is 4.60. The number of aryl methyl sites for hydroxylation is 1. The number of rotatable bonds is 3. The lowest BCUT2D eigenvalue weighted by molar-refractivity contribution is 0.424. The van der Waals surface area contributed by atoms with Crippen LogP contribution in [0.1, 0.15) is 43.3 Å². The molecule has 108 valence electrons. The van der Waals surface area contributed by atoms with Crippen molar-refractivity contribution in [2.45, 2.75) is 53.6 Å². The van der Waals surface area contributed by atoms with Crippen molar-refractivity contribution in [2.24, 2.45) is 0 Å². The predicted molar refractivity (Wildman–Crippen MR) is 84.4 cm³/mol. The number of nitrogens with one attached hydrogen (secondary N) is 1. The predicted octanol–water partition coefficient (Wildman–Crippen LogP) is 3.69. The molecule has 3 nitrogen and oxygen atoms in total. The third-order valence-electron chi connectivity index (χ3n) is 3.66. The van der Waals surface area contributed by atoms with E-state index in [2.05, 4.69) is 76.2 Å². The molecule has 0 bridgehead atoms. The molecule has 0 aliphatic carbocycles. The summed E-state index contributed by atoms with van der Waals surface area (Å²) in [5.41, 5.74) is 6.14. The molecular formula is C17H25N3. The molecule has 20 heavy (non-hydrogen) atoms. The van der Waals surface area contributed by atoms with Crippen molar-refractivity contribution >= 4 is 0 Å². The molecule has 0 saturated heterocycles. The fraction of sp³-hybridized carbons (Fsp3) is 0.471. The van der Waals surface area contributed by atoms with E-state index >= 15 is 0 Å². The molecule has 0 radical (unpaired) electrons. The van der Waals surface area contributed by atoms with Gasteiger partial charge >= 0.3 is 0 Å². The second kappa shape index (κ2) is 5.41. The molecule has 3 heteroatoms. The molecule has 0 spiro atoms. The van der Waals surface area contributed by atoms with Crippen LogP contribution in [0.4, 0.5) is 0 Å². The minimum atomic E-state index is 0.144. The molecule has 0 aliphatic heterocycles. The van der Waals surface area contributed by atoms with Crippen LogP contribution in [0.3, 0.4) is 0 Å². The molecule has 0 aliphatic rings. The van der Waals surface area contributed by atoms with Crippen LogP contribution in [0.15, 0.2) is 24.3 Å². The van der Waals surface area contributed by atoms with Crippen molar-refractivity contribution in [2.75, 3.05) is 0 Å². The highest BCUT2D eigenvalue weighted by Crippen LogP contribution is 2.17. The van der Waals surface area contributed by atoms with Crippen LogP contribution >= 0.6 is 0 Å². The third kappa shape index (κ3) is 3.28. The lowest BCUT2D eigenvalue weighted by Crippen LogP contribution is -2.35. The van der Waals surface area contributed by atoms with Gasteiger partial charge in [0.05, 0.1) is 11.4 Å². The zero-order chi connectivity index (χ0) is 14.9. The molecule has 0 atom stereocenters. The Morgan fingerprint density at radius 2 is 1.65 bits per heavy atom. The first-order chi connectivity index (χ1) is 9.28. The summed E-state index contributed by atoms with van der Waals surface area (Å²) in [7, 11) is 0. The minimum Gasteiger partial charge on any atom is -0.308 e. The molecule has 1 N–H and O–H groups in total. The Balaban J connectivity index is 2.18. The van der Waals surface area contributed by atoms with E-state index < -0.39 is 0 Å². The Labute approximate surface area is 122 Å². The summed E-state index contributed by atoms with van der Waals surface area (Å²) in [4.78, 5) is 0. The van der Waals surface area contributed by atoms with Gasteiger partial charge in [0.25, 0.3) is 0 Å². The average Bonchev–Trinajstić information content (AvgIpc) is 2.64. The number of hydrogen-bond acceptors (Lipinski definition) is 2. The number of benzene rings is 1. The van der Waals surface area contributed by atoms with E-state index in [1.807, 2.05) is 4.68 Å². The zero-order valence-electron chi connectivity index (χ0n) is 13.4. The van der Waals surface area contributed by atoms with Gasteiger partial charge in [-0.15, -0.1) is 0 Å². The molecule has 1 aromatic heterocycles. The fourth-order valence-electron chi connectivity index (χ4n) is 2.09. The van der Waals surface area contributed by atoms with Gasteiger partial charge in [-0.05, 0) is 64.8 Å². The Bertz CT molecular complexity index is 586. The summed E-state index contributed by atoms with van der Waals surface area (Å²) in [6, 6.07) is 8.61. The highest BCUT2D eigenvalue weighted by Gasteiger charge is 2.10. The van der Waals surface area contributed by atoms with Crippen molar-refractivity contribution < 1.29 is 0 Å². The van der Waals surface area contributed by atoms with Crippen molar-refractivity contribution in [1.29, 1.82) is 0 Å². The second-order valence-electron chi connectivity index (χ2n) is 6.48. The van der Waals surface area contributed by atoms with Crippen molar-refractivity contribution in [3.8, 4) is 5.69 Å². The van der Waals surface area contributed by atoms with E-state index in [-0.39, 0.29) is 5.54 Å². The molecule has 0 saturated carbocycles. The smallest absolute Gasteiger partial charge is 0.0649 e. The van der Waals surface area contributed by atoms with Crippen molar-refractivity contribution in [3.63, 3.8) is 0 Å². The van der Waals surface area contributed by atoms with Gasteiger partial charge in [-0.1, -0.05) is 12.1 Å². The van der Waals surface area contributed by atoms with Crippen LogP contribution in [-0.2, 0) is 6.54 Å². The Hall–Kier alpha value is -1.61. The van der Waals surface area contributed by atoms with E-state index in [1.165, 1.54) is 16.8 Å². The summed E-state index contributed by atoms with van der Waals surface area (Å²) in [6.45, 7) is 13.7. The van der Waals surface area contributed by atoms with Crippen LogP contribution in [0, 0.1) is 20.8 Å². The quantitative estimate of drug-likeness (QED) is 0.922. The second-order valence-corrected chi connectivity index (χ2v) is 6.48. The van der Waals surface area contributed by atoms with Crippen LogP contribution in [0.5, 0.6) is 0 Å². The normalized spacial score (nSPS) is 11.9.